The van der Waals surface area contributed by atoms with Gasteiger partial charge in [-0.1, -0.05) is 42.5 Å². The van der Waals surface area contributed by atoms with Crippen molar-refractivity contribution in [3.63, 3.8) is 0 Å². The Bertz CT molecular complexity index is 1010. The first kappa shape index (κ1) is 19.6. The molecular weight excluding hydrogens is 352 g/mol. The van der Waals surface area contributed by atoms with Crippen molar-refractivity contribution in [2.45, 2.75) is 32.8 Å². The molecule has 0 aromatic heterocycles. The van der Waals surface area contributed by atoms with Gasteiger partial charge < -0.3 is 9.47 Å². The van der Waals surface area contributed by atoms with E-state index in [0.717, 1.165) is 16.3 Å². The Hall–Kier alpha value is -3.14. The van der Waals surface area contributed by atoms with Gasteiger partial charge in [-0.3, -0.25) is 9.59 Å². The quantitative estimate of drug-likeness (QED) is 0.466. The van der Waals surface area contributed by atoms with Crippen molar-refractivity contribution in [3.8, 4) is 5.75 Å². The van der Waals surface area contributed by atoms with E-state index in [0.29, 0.717) is 16.9 Å². The van der Waals surface area contributed by atoms with Crippen molar-refractivity contribution in [2.75, 3.05) is 7.11 Å². The van der Waals surface area contributed by atoms with E-state index in [1.807, 2.05) is 63.2 Å². The number of hydrogen-bond acceptors (Lipinski definition) is 4. The Morgan fingerprint density at radius 2 is 1.61 bits per heavy atom. The Morgan fingerprint density at radius 3 is 2.25 bits per heavy atom. The van der Waals surface area contributed by atoms with E-state index in [1.165, 1.54) is 0 Å². The molecule has 0 unspecified atom stereocenters. The summed E-state index contributed by atoms with van der Waals surface area (Å²) < 4.78 is 10.8. The standard InChI is InChI=1S/C24H24O4/c1-24(2,3)28-22(25)14-17-10-12-20(23(26)16-8-6-5-7-9-16)19-13-11-18(27-4)15-21(17)19/h5-13,15H,14H2,1-4H3. The van der Waals surface area contributed by atoms with Gasteiger partial charge in [0, 0.05) is 11.1 Å². The number of ether oxygens (including phenoxy) is 2. The first-order valence-corrected chi connectivity index (χ1v) is 9.20. The fraction of sp³-hybridized carbons (Fsp3) is 0.250. The molecule has 0 atom stereocenters. The summed E-state index contributed by atoms with van der Waals surface area (Å²) in [5.74, 6) is 0.306. The number of fused-ring (bicyclic) bond motifs is 1. The Balaban J connectivity index is 2.07. The molecule has 4 nitrogen and oxygen atoms in total. The smallest absolute Gasteiger partial charge is 0.310 e. The number of rotatable bonds is 5. The third-order valence-electron chi connectivity index (χ3n) is 4.35. The Morgan fingerprint density at radius 1 is 0.893 bits per heavy atom. The molecule has 0 fully saturated rings. The van der Waals surface area contributed by atoms with E-state index in [-0.39, 0.29) is 18.2 Å². The monoisotopic (exact) mass is 376 g/mol. The predicted molar refractivity (Wildman–Crippen MR) is 110 cm³/mol. The van der Waals surface area contributed by atoms with Crippen LogP contribution in [0.4, 0.5) is 0 Å². The maximum absolute atomic E-state index is 13.0. The van der Waals surface area contributed by atoms with Crippen LogP contribution in [0.25, 0.3) is 10.8 Å². The Labute approximate surface area is 165 Å². The van der Waals surface area contributed by atoms with Crippen LogP contribution in [0.15, 0.2) is 60.7 Å². The van der Waals surface area contributed by atoms with Gasteiger partial charge in [-0.15, -0.1) is 0 Å². The molecule has 0 spiro atoms. The van der Waals surface area contributed by atoms with E-state index >= 15 is 0 Å². The van der Waals surface area contributed by atoms with Crippen LogP contribution in [0.1, 0.15) is 42.3 Å². The molecule has 0 aliphatic rings. The van der Waals surface area contributed by atoms with Crippen LogP contribution in [0.5, 0.6) is 5.75 Å². The van der Waals surface area contributed by atoms with Gasteiger partial charge in [-0.05, 0) is 55.3 Å². The fourth-order valence-electron chi connectivity index (χ4n) is 3.14. The maximum atomic E-state index is 13.0. The average molecular weight is 376 g/mol. The second-order valence-corrected chi connectivity index (χ2v) is 7.64. The number of ketones is 1. The van der Waals surface area contributed by atoms with Gasteiger partial charge in [-0.2, -0.15) is 0 Å². The normalized spacial score (nSPS) is 11.3. The molecule has 0 aliphatic carbocycles. The van der Waals surface area contributed by atoms with Crippen molar-refractivity contribution in [1.29, 1.82) is 0 Å². The number of benzene rings is 3. The molecule has 0 amide bonds. The Kier molecular flexibility index (Phi) is 5.50. The zero-order valence-electron chi connectivity index (χ0n) is 16.6. The lowest BCUT2D eigenvalue weighted by Crippen LogP contribution is -2.25. The zero-order chi connectivity index (χ0) is 20.3. The summed E-state index contributed by atoms with van der Waals surface area (Å²) in [6.07, 6.45) is 0.126. The summed E-state index contributed by atoms with van der Waals surface area (Å²) in [5, 5.41) is 1.60. The van der Waals surface area contributed by atoms with Gasteiger partial charge in [0.2, 0.25) is 0 Å². The third-order valence-corrected chi connectivity index (χ3v) is 4.35. The number of carbonyl (C=O) groups is 2. The van der Waals surface area contributed by atoms with Crippen LogP contribution in [0, 0.1) is 0 Å². The molecular formula is C24H24O4. The van der Waals surface area contributed by atoms with Crippen molar-refractivity contribution >= 4 is 22.5 Å². The molecule has 0 radical (unpaired) electrons. The van der Waals surface area contributed by atoms with Crippen LogP contribution in [0.2, 0.25) is 0 Å². The highest BCUT2D eigenvalue weighted by Gasteiger charge is 2.20. The zero-order valence-corrected chi connectivity index (χ0v) is 16.6. The second kappa shape index (κ2) is 7.85. The largest absolute Gasteiger partial charge is 0.497 e. The van der Waals surface area contributed by atoms with E-state index < -0.39 is 5.60 Å². The van der Waals surface area contributed by atoms with Gasteiger partial charge in [0.25, 0.3) is 0 Å². The molecule has 0 bridgehead atoms. The predicted octanol–water partition coefficient (Wildman–Crippen LogP) is 4.96. The lowest BCUT2D eigenvalue weighted by Gasteiger charge is -2.20. The minimum Gasteiger partial charge on any atom is -0.497 e. The SMILES string of the molecule is COc1ccc2c(C(=O)c3ccccc3)ccc(CC(=O)OC(C)(C)C)c2c1. The minimum absolute atomic E-state index is 0.0559. The van der Waals surface area contributed by atoms with Crippen LogP contribution in [-0.4, -0.2) is 24.5 Å². The van der Waals surface area contributed by atoms with Crippen molar-refractivity contribution in [1.82, 2.24) is 0 Å². The minimum atomic E-state index is -0.548. The van der Waals surface area contributed by atoms with Crippen LogP contribution in [0.3, 0.4) is 0 Å². The lowest BCUT2D eigenvalue weighted by atomic mass is 9.93. The van der Waals surface area contributed by atoms with Gasteiger partial charge in [0.05, 0.1) is 13.5 Å². The molecule has 4 heteroatoms. The molecule has 0 aliphatic heterocycles. The van der Waals surface area contributed by atoms with Gasteiger partial charge in [0.15, 0.2) is 5.78 Å². The second-order valence-electron chi connectivity index (χ2n) is 7.64. The summed E-state index contributed by atoms with van der Waals surface area (Å²) in [5.41, 5.74) is 1.47. The number of carbonyl (C=O) groups excluding carboxylic acids is 2. The highest BCUT2D eigenvalue weighted by Crippen LogP contribution is 2.29. The molecule has 144 valence electrons. The van der Waals surface area contributed by atoms with E-state index in [2.05, 4.69) is 0 Å². The summed E-state index contributed by atoms with van der Waals surface area (Å²) >= 11 is 0. The number of methoxy groups -OCH3 is 1. The number of hydrogen-bond donors (Lipinski definition) is 0. The third kappa shape index (κ3) is 4.39. The van der Waals surface area contributed by atoms with E-state index in [9.17, 15) is 9.59 Å². The summed E-state index contributed by atoms with van der Waals surface area (Å²) in [6, 6.07) is 18.3. The van der Waals surface area contributed by atoms with Crippen LogP contribution < -0.4 is 4.74 Å². The molecule has 28 heavy (non-hydrogen) atoms. The lowest BCUT2D eigenvalue weighted by molar-refractivity contribution is -0.153. The molecule has 3 rings (SSSR count). The van der Waals surface area contributed by atoms with E-state index in [4.69, 9.17) is 9.47 Å². The topological polar surface area (TPSA) is 52.6 Å². The molecule has 0 saturated heterocycles. The highest BCUT2D eigenvalue weighted by atomic mass is 16.6. The van der Waals surface area contributed by atoms with Crippen molar-refractivity contribution < 1.29 is 19.1 Å². The molecule has 0 N–H and O–H groups in total. The summed E-state index contributed by atoms with van der Waals surface area (Å²) in [7, 11) is 1.59. The summed E-state index contributed by atoms with van der Waals surface area (Å²) in [4.78, 5) is 25.4. The number of esters is 1. The first-order valence-electron chi connectivity index (χ1n) is 9.20. The maximum Gasteiger partial charge on any atom is 0.310 e. The average Bonchev–Trinajstić information content (AvgIpc) is 2.66. The van der Waals surface area contributed by atoms with E-state index in [1.54, 1.807) is 25.3 Å². The molecule has 0 heterocycles. The molecule has 0 saturated carbocycles. The van der Waals surface area contributed by atoms with Gasteiger partial charge in [-0.25, -0.2) is 0 Å². The fourth-order valence-corrected chi connectivity index (χ4v) is 3.14. The van der Waals surface area contributed by atoms with Crippen LogP contribution in [-0.2, 0) is 16.0 Å². The molecule has 3 aromatic rings. The molecule has 3 aromatic carbocycles. The highest BCUT2D eigenvalue weighted by molar-refractivity contribution is 6.17. The summed E-state index contributed by atoms with van der Waals surface area (Å²) in [6.45, 7) is 5.52. The van der Waals surface area contributed by atoms with Crippen LogP contribution >= 0.6 is 0 Å². The van der Waals surface area contributed by atoms with Gasteiger partial charge >= 0.3 is 5.97 Å². The van der Waals surface area contributed by atoms with Crippen molar-refractivity contribution in [2.24, 2.45) is 0 Å². The van der Waals surface area contributed by atoms with Gasteiger partial charge in [0.1, 0.15) is 11.4 Å². The first-order chi connectivity index (χ1) is 13.3. The van der Waals surface area contributed by atoms with Crippen molar-refractivity contribution in [3.05, 3.63) is 77.4 Å².